The maximum absolute atomic E-state index is 11.6. The number of hydrogen-bond acceptors (Lipinski definition) is 5. The quantitative estimate of drug-likeness (QED) is 0.730. The minimum atomic E-state index is -0.266. The normalized spacial score (nSPS) is 12.8. The van der Waals surface area contributed by atoms with Crippen LogP contribution in [-0.4, -0.2) is 28.6 Å². The predicted molar refractivity (Wildman–Crippen MR) is 58.4 cm³/mol. The molecule has 1 aromatic rings. The number of carbonyl (C=O) groups excluding carboxylic acids is 1. The second-order valence-corrected chi connectivity index (χ2v) is 4.09. The van der Waals surface area contributed by atoms with Crippen LogP contribution in [0.25, 0.3) is 0 Å². The highest BCUT2D eigenvalue weighted by Gasteiger charge is 2.12. The fourth-order valence-electron chi connectivity index (χ4n) is 1.07. The number of carbonyl (C=O) groups is 1. The van der Waals surface area contributed by atoms with Gasteiger partial charge in [0.2, 0.25) is 12.3 Å². The van der Waals surface area contributed by atoms with Crippen LogP contribution in [-0.2, 0) is 11.3 Å². The molecule has 0 spiro atoms. The first kappa shape index (κ1) is 12.6. The summed E-state index contributed by atoms with van der Waals surface area (Å²) >= 11 is 0. The van der Waals surface area contributed by atoms with Crippen LogP contribution in [0.1, 0.15) is 26.6 Å². The molecule has 1 heterocycles. The molecule has 0 saturated carbocycles. The Kier molecular flexibility index (Phi) is 4.91. The van der Waals surface area contributed by atoms with Crippen molar-refractivity contribution in [2.24, 2.45) is 5.92 Å². The summed E-state index contributed by atoms with van der Waals surface area (Å²) in [7, 11) is 0. The van der Waals surface area contributed by atoms with Gasteiger partial charge in [-0.25, -0.2) is 0 Å². The first-order valence-electron chi connectivity index (χ1n) is 5.36. The summed E-state index contributed by atoms with van der Waals surface area (Å²) in [5, 5.41) is 9.50. The van der Waals surface area contributed by atoms with E-state index in [0.717, 1.165) is 0 Å². The molecule has 0 aliphatic carbocycles. The summed E-state index contributed by atoms with van der Waals surface area (Å²) in [6.45, 7) is 7.02. The van der Waals surface area contributed by atoms with Gasteiger partial charge in [0.05, 0.1) is 12.6 Å². The average molecular weight is 226 g/mol. The number of amides is 1. The Bertz CT molecular complexity index is 311. The third kappa shape index (κ3) is 4.39. The molecule has 1 aromatic heterocycles. The number of nitrogens with one attached hydrogen (secondary N) is 2. The van der Waals surface area contributed by atoms with Gasteiger partial charge >= 0.3 is 0 Å². The molecule has 0 aliphatic heterocycles. The molecule has 90 valence electrons. The lowest BCUT2D eigenvalue weighted by Crippen LogP contribution is -2.43. The monoisotopic (exact) mass is 226 g/mol. The molecule has 1 rings (SSSR count). The molecule has 6 heteroatoms. The number of aromatic nitrogens is 2. The molecule has 2 N–H and O–H groups in total. The van der Waals surface area contributed by atoms with E-state index in [1.165, 1.54) is 6.39 Å². The largest absolute Gasteiger partial charge is 0.354 e. The lowest BCUT2D eigenvalue weighted by molar-refractivity contribution is -0.122. The van der Waals surface area contributed by atoms with Crippen LogP contribution in [0, 0.1) is 5.92 Å². The van der Waals surface area contributed by atoms with Gasteiger partial charge in [-0.3, -0.25) is 10.1 Å². The summed E-state index contributed by atoms with van der Waals surface area (Å²) in [5.74, 6) is 0.981. The Morgan fingerprint density at radius 3 is 2.81 bits per heavy atom. The smallest absolute Gasteiger partial charge is 0.236 e. The summed E-state index contributed by atoms with van der Waals surface area (Å²) in [5.41, 5.74) is 0. The fourth-order valence-corrected chi connectivity index (χ4v) is 1.07. The van der Waals surface area contributed by atoms with Gasteiger partial charge in [-0.05, 0) is 12.8 Å². The van der Waals surface area contributed by atoms with Gasteiger partial charge < -0.3 is 9.84 Å². The van der Waals surface area contributed by atoms with Crippen molar-refractivity contribution in [3.8, 4) is 0 Å². The molecule has 0 aliphatic rings. The van der Waals surface area contributed by atoms with Crippen LogP contribution >= 0.6 is 0 Å². The second-order valence-electron chi connectivity index (χ2n) is 4.09. The van der Waals surface area contributed by atoms with E-state index in [1.807, 2.05) is 0 Å². The zero-order valence-corrected chi connectivity index (χ0v) is 9.86. The van der Waals surface area contributed by atoms with E-state index in [0.29, 0.717) is 24.8 Å². The van der Waals surface area contributed by atoms with Gasteiger partial charge in [0.1, 0.15) is 0 Å². The Morgan fingerprint density at radius 1 is 1.50 bits per heavy atom. The highest BCUT2D eigenvalue weighted by molar-refractivity contribution is 5.81. The van der Waals surface area contributed by atoms with Gasteiger partial charge in [0.15, 0.2) is 5.82 Å². The first-order valence-corrected chi connectivity index (χ1v) is 5.36. The molecule has 6 nitrogen and oxygen atoms in total. The summed E-state index contributed by atoms with van der Waals surface area (Å²) in [6, 6.07) is -0.266. The second kappa shape index (κ2) is 6.22. The molecule has 0 aromatic carbocycles. The molecule has 0 radical (unpaired) electrons. The maximum Gasteiger partial charge on any atom is 0.236 e. The molecule has 0 saturated heterocycles. The van der Waals surface area contributed by atoms with E-state index in [1.54, 1.807) is 6.92 Å². The summed E-state index contributed by atoms with van der Waals surface area (Å²) in [4.78, 5) is 15.4. The first-order chi connectivity index (χ1) is 7.59. The van der Waals surface area contributed by atoms with Gasteiger partial charge in [0, 0.05) is 6.54 Å². The highest BCUT2D eigenvalue weighted by atomic mass is 16.5. The van der Waals surface area contributed by atoms with Crippen molar-refractivity contribution in [1.82, 2.24) is 20.8 Å². The Balaban J connectivity index is 2.23. The average Bonchev–Trinajstić information content (AvgIpc) is 2.75. The molecule has 0 bridgehead atoms. The number of rotatable bonds is 6. The minimum absolute atomic E-state index is 0.0165. The van der Waals surface area contributed by atoms with Crippen molar-refractivity contribution in [2.45, 2.75) is 33.4 Å². The molecule has 1 unspecified atom stereocenters. The van der Waals surface area contributed by atoms with Crippen LogP contribution in [0.5, 0.6) is 0 Å². The van der Waals surface area contributed by atoms with E-state index in [2.05, 4.69) is 39.1 Å². The zero-order valence-electron chi connectivity index (χ0n) is 9.86. The third-order valence-electron chi connectivity index (χ3n) is 2.05. The van der Waals surface area contributed by atoms with Crippen molar-refractivity contribution < 1.29 is 9.32 Å². The van der Waals surface area contributed by atoms with Crippen LogP contribution in [0.4, 0.5) is 0 Å². The van der Waals surface area contributed by atoms with Crippen molar-refractivity contribution in [2.75, 3.05) is 6.54 Å². The zero-order chi connectivity index (χ0) is 12.0. The van der Waals surface area contributed by atoms with Crippen LogP contribution < -0.4 is 10.6 Å². The molecule has 16 heavy (non-hydrogen) atoms. The van der Waals surface area contributed by atoms with Gasteiger partial charge in [0.25, 0.3) is 0 Å². The Morgan fingerprint density at radius 2 is 2.25 bits per heavy atom. The van der Waals surface area contributed by atoms with Gasteiger partial charge in [-0.15, -0.1) is 0 Å². The van der Waals surface area contributed by atoms with E-state index in [-0.39, 0.29) is 11.9 Å². The Hall–Kier alpha value is -1.43. The van der Waals surface area contributed by atoms with E-state index >= 15 is 0 Å². The molecule has 1 amide bonds. The molecular weight excluding hydrogens is 208 g/mol. The van der Waals surface area contributed by atoms with Gasteiger partial charge in [-0.1, -0.05) is 19.0 Å². The third-order valence-corrected chi connectivity index (χ3v) is 2.05. The van der Waals surface area contributed by atoms with Crippen molar-refractivity contribution in [3.05, 3.63) is 12.2 Å². The van der Waals surface area contributed by atoms with Gasteiger partial charge in [-0.2, -0.15) is 4.98 Å². The van der Waals surface area contributed by atoms with Crippen molar-refractivity contribution in [1.29, 1.82) is 0 Å². The predicted octanol–water partition coefficient (Wildman–Crippen LogP) is 0.320. The summed E-state index contributed by atoms with van der Waals surface area (Å²) in [6.07, 6.45) is 1.26. The SMILES string of the molecule is CC(C)CNC(=O)C(C)NCc1ncon1. The van der Waals surface area contributed by atoms with E-state index in [9.17, 15) is 4.79 Å². The topological polar surface area (TPSA) is 80.0 Å². The van der Waals surface area contributed by atoms with Crippen LogP contribution in [0.2, 0.25) is 0 Å². The fraction of sp³-hybridized carbons (Fsp3) is 0.700. The maximum atomic E-state index is 11.6. The van der Waals surface area contributed by atoms with E-state index < -0.39 is 0 Å². The van der Waals surface area contributed by atoms with E-state index in [4.69, 9.17) is 0 Å². The number of hydrogen-bond donors (Lipinski definition) is 2. The molecule has 1 atom stereocenters. The lowest BCUT2D eigenvalue weighted by atomic mass is 10.2. The van der Waals surface area contributed by atoms with Crippen molar-refractivity contribution in [3.63, 3.8) is 0 Å². The molecular formula is C10H18N4O2. The van der Waals surface area contributed by atoms with Crippen LogP contribution in [0.15, 0.2) is 10.9 Å². The highest BCUT2D eigenvalue weighted by Crippen LogP contribution is 1.92. The van der Waals surface area contributed by atoms with Crippen molar-refractivity contribution >= 4 is 5.91 Å². The standard InChI is InChI=1S/C10H18N4O2/c1-7(2)4-12-10(15)8(3)11-5-9-13-6-16-14-9/h6-8,11H,4-5H2,1-3H3,(H,12,15). The van der Waals surface area contributed by atoms with Crippen LogP contribution in [0.3, 0.4) is 0 Å². The molecule has 0 fully saturated rings. The number of nitrogens with zero attached hydrogens (tertiary/aromatic N) is 2. The summed E-state index contributed by atoms with van der Waals surface area (Å²) < 4.78 is 4.58. The minimum Gasteiger partial charge on any atom is -0.354 e. The lowest BCUT2D eigenvalue weighted by Gasteiger charge is -2.13. The Labute approximate surface area is 94.8 Å².